The summed E-state index contributed by atoms with van der Waals surface area (Å²) in [5.74, 6) is 1.02. The molecule has 0 amide bonds. The lowest BCUT2D eigenvalue weighted by atomic mass is 10.2. The number of rotatable bonds is 7. The van der Waals surface area contributed by atoms with Crippen LogP contribution in [0.3, 0.4) is 0 Å². The summed E-state index contributed by atoms with van der Waals surface area (Å²) in [5, 5.41) is 4.44. The maximum absolute atomic E-state index is 11.3. The van der Waals surface area contributed by atoms with Crippen molar-refractivity contribution in [3.05, 3.63) is 65.6 Å². The molecule has 4 rings (SSSR count). The predicted octanol–water partition coefficient (Wildman–Crippen LogP) is 4.94. The molecule has 0 bridgehead atoms. The summed E-state index contributed by atoms with van der Waals surface area (Å²) in [6.45, 7) is 4.10. The number of nitrogens with zero attached hydrogens (tertiary/aromatic N) is 4. The fourth-order valence-corrected chi connectivity index (χ4v) is 3.59. The van der Waals surface area contributed by atoms with Gasteiger partial charge in [-0.2, -0.15) is 4.55 Å². The fraction of sp³-hybridized carbons (Fsp3) is 0.182. The number of aromatic nitrogens is 4. The molecular weight excluding hydrogens is 450 g/mol. The van der Waals surface area contributed by atoms with E-state index in [1.165, 1.54) is 0 Å². The topological polar surface area (TPSA) is 110 Å². The Kier molecular flexibility index (Phi) is 6.71. The molecule has 0 spiro atoms. The number of anilines is 2. The van der Waals surface area contributed by atoms with Crippen LogP contribution >= 0.6 is 11.6 Å². The van der Waals surface area contributed by atoms with E-state index in [2.05, 4.69) is 25.3 Å². The number of hydrogen-bond donors (Lipinski definition) is 2. The molecule has 32 heavy (non-hydrogen) atoms. The summed E-state index contributed by atoms with van der Waals surface area (Å²) < 4.78 is 26.2. The van der Waals surface area contributed by atoms with Crippen molar-refractivity contribution < 1.29 is 13.5 Å². The molecule has 0 aliphatic carbocycles. The molecular formula is C22H21ClN5O3S+. The van der Waals surface area contributed by atoms with Gasteiger partial charge in [-0.15, -0.1) is 0 Å². The summed E-state index contributed by atoms with van der Waals surface area (Å²) in [4.78, 5) is 18.5. The van der Waals surface area contributed by atoms with Crippen LogP contribution < -0.4 is 5.32 Å². The summed E-state index contributed by atoms with van der Waals surface area (Å²) in [6.07, 6.45) is 1.68. The van der Waals surface area contributed by atoms with Gasteiger partial charge in [-0.1, -0.05) is 15.8 Å². The smallest absolute Gasteiger partial charge is 0.235 e. The quantitative estimate of drug-likeness (QED) is 0.289. The Morgan fingerprint density at radius 1 is 1.09 bits per heavy atom. The number of benzene rings is 1. The molecule has 10 heteroatoms. The maximum Gasteiger partial charge on any atom is 0.235 e. The van der Waals surface area contributed by atoms with E-state index in [9.17, 15) is 8.76 Å². The summed E-state index contributed by atoms with van der Waals surface area (Å²) in [6, 6.07) is 13.8. The van der Waals surface area contributed by atoms with Gasteiger partial charge in [0.25, 0.3) is 0 Å². The third-order valence-corrected chi connectivity index (χ3v) is 5.55. The number of halogens is 1. The van der Waals surface area contributed by atoms with Crippen molar-refractivity contribution in [3.63, 3.8) is 0 Å². The minimum absolute atomic E-state index is 0.0188. The van der Waals surface area contributed by atoms with Crippen molar-refractivity contribution in [1.29, 1.82) is 0 Å². The van der Waals surface area contributed by atoms with Crippen molar-refractivity contribution >= 4 is 45.2 Å². The standard InChI is InChI=1S/C22H20ClN5O3S/c1-13(2)31-12-19-27-21(25-14-5-7-15(8-6-14)32(29)30)16-9-10-18(26-22(16)28-19)20-17(23)4-3-11-24-20/h3-11,13H,12H2,1-2H3,(H,29,30)(H,25,26,27,28)/p+1. The van der Waals surface area contributed by atoms with Gasteiger partial charge in [0.2, 0.25) is 11.1 Å². The van der Waals surface area contributed by atoms with Gasteiger partial charge < -0.3 is 10.1 Å². The lowest BCUT2D eigenvalue weighted by Crippen LogP contribution is -2.08. The normalized spacial score (nSPS) is 12.3. The molecule has 1 aromatic carbocycles. The van der Waals surface area contributed by atoms with Crippen LogP contribution in [0.1, 0.15) is 19.7 Å². The average molecular weight is 471 g/mol. The summed E-state index contributed by atoms with van der Waals surface area (Å²) in [5.41, 5.74) is 2.34. The van der Waals surface area contributed by atoms with Crippen LogP contribution in [0.5, 0.6) is 0 Å². The number of nitrogens with one attached hydrogen (secondary N) is 1. The highest BCUT2D eigenvalue weighted by Gasteiger charge is 2.14. The van der Waals surface area contributed by atoms with Gasteiger partial charge in [-0.05, 0) is 62.4 Å². The number of hydrogen-bond acceptors (Lipinski definition) is 7. The second-order valence-corrected chi connectivity index (χ2v) is 8.66. The number of ether oxygens (including phenoxy) is 1. The highest BCUT2D eigenvalue weighted by molar-refractivity contribution is 7.79. The molecule has 0 aliphatic rings. The molecule has 0 aliphatic heterocycles. The third-order valence-electron chi connectivity index (χ3n) is 4.50. The molecule has 0 fully saturated rings. The van der Waals surface area contributed by atoms with Crippen LogP contribution in [0.4, 0.5) is 11.5 Å². The predicted molar refractivity (Wildman–Crippen MR) is 126 cm³/mol. The lowest BCUT2D eigenvalue weighted by Gasteiger charge is -2.13. The van der Waals surface area contributed by atoms with E-state index < -0.39 is 11.1 Å². The Morgan fingerprint density at radius 2 is 1.88 bits per heavy atom. The summed E-state index contributed by atoms with van der Waals surface area (Å²) in [7, 11) is 0. The Hall–Kier alpha value is -2.98. The van der Waals surface area contributed by atoms with Crippen molar-refractivity contribution in [2.45, 2.75) is 31.5 Å². The van der Waals surface area contributed by atoms with Gasteiger partial charge in [0, 0.05) is 11.9 Å². The van der Waals surface area contributed by atoms with Gasteiger partial charge in [-0.25, -0.2) is 15.0 Å². The zero-order chi connectivity index (χ0) is 22.7. The molecule has 4 aromatic rings. The van der Waals surface area contributed by atoms with Gasteiger partial charge in [0.1, 0.15) is 18.1 Å². The minimum atomic E-state index is -2.39. The molecule has 1 atom stereocenters. The molecule has 1 unspecified atom stereocenters. The molecule has 2 N–H and O–H groups in total. The molecule has 3 heterocycles. The summed E-state index contributed by atoms with van der Waals surface area (Å²) >= 11 is 3.91. The first-order chi connectivity index (χ1) is 15.4. The highest BCUT2D eigenvalue weighted by atomic mass is 35.5. The largest absolute Gasteiger partial charge is 0.371 e. The van der Waals surface area contributed by atoms with Crippen LogP contribution in [0.2, 0.25) is 5.02 Å². The first kappa shape index (κ1) is 22.2. The molecule has 3 aromatic heterocycles. The van der Waals surface area contributed by atoms with E-state index in [-0.39, 0.29) is 12.7 Å². The fourth-order valence-electron chi connectivity index (χ4n) is 2.97. The second-order valence-electron chi connectivity index (χ2n) is 7.19. The van der Waals surface area contributed by atoms with Gasteiger partial charge in [0.05, 0.1) is 22.2 Å². The number of pyridine rings is 2. The van der Waals surface area contributed by atoms with E-state index in [4.69, 9.17) is 16.3 Å². The Labute approximate surface area is 192 Å². The van der Waals surface area contributed by atoms with Crippen LogP contribution in [-0.2, 0) is 26.6 Å². The second kappa shape index (κ2) is 9.66. The average Bonchev–Trinajstić information content (AvgIpc) is 2.78. The zero-order valence-corrected chi connectivity index (χ0v) is 19.0. The van der Waals surface area contributed by atoms with Crippen LogP contribution in [0.25, 0.3) is 22.4 Å². The van der Waals surface area contributed by atoms with Crippen molar-refractivity contribution in [3.8, 4) is 11.4 Å². The maximum atomic E-state index is 11.3. The van der Waals surface area contributed by atoms with E-state index in [0.717, 1.165) is 0 Å². The van der Waals surface area contributed by atoms with Crippen LogP contribution in [0, 0.1) is 0 Å². The Morgan fingerprint density at radius 3 is 2.56 bits per heavy atom. The molecule has 0 saturated carbocycles. The zero-order valence-electron chi connectivity index (χ0n) is 17.4. The van der Waals surface area contributed by atoms with Crippen molar-refractivity contribution in [2.75, 3.05) is 5.32 Å². The molecule has 8 nitrogen and oxygen atoms in total. The monoisotopic (exact) mass is 470 g/mol. The first-order valence-electron chi connectivity index (χ1n) is 9.84. The van der Waals surface area contributed by atoms with Gasteiger partial charge >= 0.3 is 0 Å². The van der Waals surface area contributed by atoms with Crippen LogP contribution in [0.15, 0.2) is 59.6 Å². The van der Waals surface area contributed by atoms with E-state index >= 15 is 0 Å². The molecule has 0 radical (unpaired) electrons. The van der Waals surface area contributed by atoms with Gasteiger partial charge in [-0.3, -0.25) is 4.98 Å². The number of fused-ring (bicyclic) bond motifs is 1. The SMILES string of the molecule is CC(C)OCc1nc(Nc2ccc([SH+](=O)O)cc2)c2ccc(-c3ncccc3Cl)nc2n1. The number of thiol groups is 1. The van der Waals surface area contributed by atoms with Crippen molar-refractivity contribution in [1.82, 2.24) is 19.9 Å². The first-order valence-corrected chi connectivity index (χ1v) is 11.4. The Bertz CT molecular complexity index is 1280. The lowest BCUT2D eigenvalue weighted by molar-refractivity contribution is 0.0615. The highest BCUT2D eigenvalue weighted by Crippen LogP contribution is 2.29. The van der Waals surface area contributed by atoms with Gasteiger partial charge in [0.15, 0.2) is 16.4 Å². The van der Waals surface area contributed by atoms with Crippen molar-refractivity contribution in [2.24, 2.45) is 0 Å². The third kappa shape index (κ3) is 5.08. The van der Waals surface area contributed by atoms with E-state index in [0.29, 0.717) is 49.7 Å². The molecule has 164 valence electrons. The Balaban J connectivity index is 1.77. The van der Waals surface area contributed by atoms with E-state index in [1.807, 2.05) is 26.0 Å². The van der Waals surface area contributed by atoms with E-state index in [1.54, 1.807) is 42.6 Å². The minimum Gasteiger partial charge on any atom is -0.371 e. The van der Waals surface area contributed by atoms with Crippen LogP contribution in [-0.4, -0.2) is 30.6 Å². The molecule has 0 saturated heterocycles.